The maximum absolute atomic E-state index is 11.8. The molecule has 10 heterocycles. The number of rotatable bonds is 9. The summed E-state index contributed by atoms with van der Waals surface area (Å²) in [6.07, 6.45) is 53.1. The van der Waals surface area contributed by atoms with Crippen LogP contribution in [0.25, 0.3) is 32.6 Å². The van der Waals surface area contributed by atoms with E-state index in [1.165, 1.54) is 163 Å². The van der Waals surface area contributed by atoms with Crippen molar-refractivity contribution in [3.63, 3.8) is 0 Å². The van der Waals surface area contributed by atoms with Gasteiger partial charge in [0.15, 0.2) is 22.7 Å². The molecule has 6 aromatic rings. The molecule has 0 radical (unpaired) electrons. The number of alkyl halides is 3. The Morgan fingerprint density at radius 3 is 1.31 bits per heavy atom. The second-order valence-electron chi connectivity index (χ2n) is 35.6. The number of carboxylic acid groups (broad SMARTS) is 1. The lowest BCUT2D eigenvalue weighted by molar-refractivity contribution is -0.156. The zero-order valence-electron chi connectivity index (χ0n) is 69.8. The number of imidazole rings is 3. The fourth-order valence-electron chi connectivity index (χ4n) is 19.0. The Morgan fingerprint density at radius 1 is 0.512 bits per heavy atom. The lowest BCUT2D eigenvalue weighted by atomic mass is 9.75. The van der Waals surface area contributed by atoms with E-state index < -0.39 is 28.0 Å². The average molecular weight is 1800 g/mol. The topological polar surface area (TPSA) is 225 Å². The van der Waals surface area contributed by atoms with E-state index in [-0.39, 0.29) is 95.4 Å². The molecule has 0 spiro atoms. The van der Waals surface area contributed by atoms with Crippen LogP contribution in [0.15, 0.2) is 78.6 Å². The molecule has 5 saturated carbocycles. The highest BCUT2D eigenvalue weighted by Gasteiger charge is 2.52. The maximum atomic E-state index is 11.8. The van der Waals surface area contributed by atoms with Gasteiger partial charge in [0.25, 0.3) is 0 Å². The molecular formula is C98H156BBrF3N9O10S. The van der Waals surface area contributed by atoms with Crippen LogP contribution in [0.4, 0.5) is 13.2 Å². The Balaban J connectivity index is 0.000000308. The molecule has 25 heteroatoms. The van der Waals surface area contributed by atoms with Gasteiger partial charge in [0.05, 0.1) is 113 Å². The van der Waals surface area contributed by atoms with Crippen molar-refractivity contribution in [2.75, 3.05) is 52.2 Å². The van der Waals surface area contributed by atoms with Crippen molar-refractivity contribution in [1.29, 1.82) is 0 Å². The molecule has 6 aromatic heterocycles. The lowest BCUT2D eigenvalue weighted by Gasteiger charge is -2.32. The van der Waals surface area contributed by atoms with Crippen LogP contribution in [0.5, 0.6) is 0 Å². The van der Waals surface area contributed by atoms with Gasteiger partial charge in [-0.3, -0.25) is 46.7 Å². The summed E-state index contributed by atoms with van der Waals surface area (Å²) in [7, 11) is -2.20. The van der Waals surface area contributed by atoms with Crippen LogP contribution < -0.4 is 0 Å². The third-order valence-electron chi connectivity index (χ3n) is 26.5. The lowest BCUT2D eigenvalue weighted by Crippen LogP contribution is -2.41. The summed E-state index contributed by atoms with van der Waals surface area (Å²) in [5.74, 6) is 5.08. The molecule has 1 N–H and O–H groups in total. The van der Waals surface area contributed by atoms with Gasteiger partial charge in [-0.25, -0.2) is 15.0 Å². The number of carbonyl (C=O) groups is 3. The molecule has 10 unspecified atom stereocenters. The number of fused-ring (bicyclic) bond motifs is 9. The highest BCUT2D eigenvalue weighted by atomic mass is 79.9. The first-order valence-electron chi connectivity index (χ1n) is 42.9. The van der Waals surface area contributed by atoms with Gasteiger partial charge >= 0.3 is 19.3 Å². The van der Waals surface area contributed by atoms with Crippen molar-refractivity contribution in [2.45, 2.75) is 330 Å². The molecule has 19 nitrogen and oxygen atoms in total. The third-order valence-corrected chi connectivity index (χ3v) is 28.0. The van der Waals surface area contributed by atoms with Crippen molar-refractivity contribution in [3.8, 4) is 0 Å². The summed E-state index contributed by atoms with van der Waals surface area (Å²) >= 11 is 3.65. The molecule has 12 aliphatic rings. The second kappa shape index (κ2) is 48.6. The smallest absolute Gasteiger partial charge is 0.481 e. The van der Waals surface area contributed by atoms with Crippen LogP contribution >= 0.6 is 15.9 Å². The fourth-order valence-corrected chi connectivity index (χ4v) is 20.3. The number of hydrogen-bond acceptors (Lipinski definition) is 15. The number of nitrogens with zero attached hydrogens (tertiary/aromatic N) is 9. The molecule has 10 atom stereocenters. The van der Waals surface area contributed by atoms with Gasteiger partial charge in [-0.1, -0.05) is 214 Å². The minimum Gasteiger partial charge on any atom is -0.481 e. The van der Waals surface area contributed by atoms with Crippen LogP contribution in [0.3, 0.4) is 0 Å². The number of carbonyl (C=O) groups excluding carboxylic acids is 2. The molecule has 8 aliphatic carbocycles. The van der Waals surface area contributed by atoms with Crippen molar-refractivity contribution >= 4 is 88.5 Å². The van der Waals surface area contributed by atoms with Crippen molar-refractivity contribution in [2.24, 2.45) is 47.3 Å². The first-order valence-corrected chi connectivity index (χ1v) is 46.1. The van der Waals surface area contributed by atoms with E-state index in [4.69, 9.17) is 58.3 Å². The molecule has 7 fully saturated rings. The van der Waals surface area contributed by atoms with Gasteiger partial charge in [-0.15, -0.1) is 0 Å². The summed E-state index contributed by atoms with van der Waals surface area (Å²) in [4.78, 5) is 59.9. The summed E-state index contributed by atoms with van der Waals surface area (Å²) in [5, 5.41) is 10.2. The van der Waals surface area contributed by atoms with E-state index in [9.17, 15) is 27.0 Å². The first kappa shape index (κ1) is 109. The van der Waals surface area contributed by atoms with Gasteiger partial charge in [-0.05, 0) is 175 Å². The molecule has 690 valence electrons. The van der Waals surface area contributed by atoms with E-state index in [1.54, 1.807) is 12.5 Å². The molecule has 123 heavy (non-hydrogen) atoms. The highest BCUT2D eigenvalue weighted by Crippen LogP contribution is 2.45. The van der Waals surface area contributed by atoms with Crippen molar-refractivity contribution < 1.29 is 60.4 Å². The molecule has 18 rings (SSSR count). The minimum absolute atomic E-state index is 0. The number of halogens is 4. The molecule has 4 aliphatic heterocycles. The zero-order chi connectivity index (χ0) is 81.9. The van der Waals surface area contributed by atoms with E-state index in [1.807, 2.05) is 25.5 Å². The Labute approximate surface area is 747 Å². The largest absolute Gasteiger partial charge is 0.490 e. The highest BCUT2D eigenvalue weighted by molar-refractivity contribution is 9.15. The van der Waals surface area contributed by atoms with Crippen molar-refractivity contribution in [3.05, 3.63) is 130 Å². The Hall–Kier alpha value is -6.48. The van der Waals surface area contributed by atoms with Crippen LogP contribution in [0.2, 0.25) is 0 Å². The normalized spacial score (nSPS) is 25.2. The molecule has 2 saturated heterocycles. The van der Waals surface area contributed by atoms with Crippen LogP contribution in [0.1, 0.15) is 345 Å². The summed E-state index contributed by atoms with van der Waals surface area (Å²) in [6.45, 7) is 24.4. The summed E-state index contributed by atoms with van der Waals surface area (Å²) < 4.78 is 79.0. The number of ketones is 1. The van der Waals surface area contributed by atoms with Gasteiger partial charge in [0.1, 0.15) is 0 Å². The summed E-state index contributed by atoms with van der Waals surface area (Å²) in [5.41, 5.74) is 19.1. The number of hydrogen-bond donors (Lipinski definition) is 1. The Bertz CT molecular complexity index is 4680. The molecule has 0 amide bonds. The third kappa shape index (κ3) is 27.3. The fraction of sp³-hybridized carbons (Fsp3) is 0.673. The van der Waals surface area contributed by atoms with Gasteiger partial charge in [0, 0.05) is 97.1 Å². The number of ether oxygens (including phenoxy) is 3. The van der Waals surface area contributed by atoms with E-state index in [2.05, 4.69) is 138 Å². The second-order valence-corrected chi connectivity index (χ2v) is 39.3. The Morgan fingerprint density at radius 2 is 0.902 bits per heavy atom. The number of carboxylic acids is 1. The first-order chi connectivity index (χ1) is 55.0. The molecular weight excluding hydrogens is 1640 g/mol. The number of aromatic nitrogens is 9. The molecule has 0 bridgehead atoms. The number of aldehydes is 1. The SMILES string of the molecule is C.C.C.C.C.C.C.C.CC1(C)OB(C2=CCOCC2)OC1(C)C.CC1CCCCC1C(=O)C=S(C)(C)=O.CC1CCCCC1C(=O)O.CC1CCCCC1c1cn2c3c(ncc2n1)CC=C3Br.CC1CCCCC1c1cn2c3c(ncc2n1)CC=C3C1=CCOCC1.CC1CCCCC1c1cn2c3c(ncc2n1)CC=C3C1CCOCC1.O=CC(F)(F)F. The predicted molar refractivity (Wildman–Crippen MR) is 508 cm³/mol. The summed E-state index contributed by atoms with van der Waals surface area (Å²) in [6, 6.07) is 0. The predicted octanol–water partition coefficient (Wildman–Crippen LogP) is 24.4. The minimum atomic E-state index is -4.64. The van der Waals surface area contributed by atoms with E-state index in [0.29, 0.717) is 42.1 Å². The van der Waals surface area contributed by atoms with Gasteiger partial charge < -0.3 is 28.6 Å². The Kier molecular flexibility index (Phi) is 43.0. The van der Waals surface area contributed by atoms with Crippen LogP contribution in [-0.2, 0) is 66.7 Å². The number of Topliss-reactive ketones (excluding diaryl/α,β-unsaturated/α-hetero) is 1. The van der Waals surface area contributed by atoms with E-state index in [0.717, 1.165) is 161 Å². The zero-order valence-corrected chi connectivity index (χ0v) is 72.2. The van der Waals surface area contributed by atoms with Crippen LogP contribution in [-0.4, -0.2) is 152 Å². The van der Waals surface area contributed by atoms with Gasteiger partial charge in [-0.2, -0.15) is 13.2 Å². The van der Waals surface area contributed by atoms with Crippen molar-refractivity contribution in [1.82, 2.24) is 43.1 Å². The number of aliphatic carboxylic acids is 1. The monoisotopic (exact) mass is 1800 g/mol. The average Bonchev–Trinajstić information content (AvgIpc) is 1.63. The van der Waals surface area contributed by atoms with Crippen LogP contribution in [0, 0.1) is 47.3 Å². The van der Waals surface area contributed by atoms with E-state index >= 15 is 0 Å². The van der Waals surface area contributed by atoms with Gasteiger partial charge in [0.2, 0.25) is 6.29 Å². The quantitative estimate of drug-likeness (QED) is 0.0807. The molecule has 0 aromatic carbocycles. The number of allylic oxidation sites excluding steroid dienone is 5. The standard InChI is InChI=1S/C21H27N3O.C21H25N3O.C16H18BrN3.C11H19BO3.C11H20O2S.C8H14O2.C2HF3O.8CH4/c2*1-14-4-2-3-5-16(14)19-13-24-20(23-19)12-22-18-7-6-17(21(18)24)15-8-10-25-11-9-15;1-10-4-2-3-5-11(10)14-9-20-15(19-14)8-18-13-7-6-12(17)16(13)20;1-10(2)11(3,4)15-12(14-10)9-5-7-13-8-6-9;1-9-6-4-5-7-10(9)11(12)8-14(2,3)13;1-6-4-2-3-5-7(6)8(9)10;3-2(4,5)1-6;;;;;;;;/h6,12-16H,2-5,7-11H2,1H3;6,8,12-14,16H,2-5,7,9-11H2,1H3;6,8-11H,2-5,7H2,1H3;5H,6-8H2,1-4H3;8-10H,4-7H2,1-3H3;6-7H,2-5H2,1H3,(H,9,10);1H;8*1H4. The maximum Gasteiger partial charge on any atom is 0.490 e.